The van der Waals surface area contributed by atoms with Crippen molar-refractivity contribution >= 4 is 43.1 Å². The third-order valence-corrected chi connectivity index (χ3v) is 11.2. The van der Waals surface area contributed by atoms with Gasteiger partial charge in [-0.3, -0.25) is 0 Å². The van der Waals surface area contributed by atoms with Crippen LogP contribution in [0.5, 0.6) is 0 Å². The molecule has 0 N–H and O–H groups in total. The molecule has 0 aliphatic heterocycles. The summed E-state index contributed by atoms with van der Waals surface area (Å²) < 4.78 is 0. The molecule has 52 heavy (non-hydrogen) atoms. The molecular weight excluding hydrogens is 625 g/mol. The molecule has 250 valence electrons. The Morgan fingerprint density at radius 2 is 0.442 bits per heavy atom. The number of rotatable bonds is 4. The monoisotopic (exact) mass is 666 g/mol. The van der Waals surface area contributed by atoms with E-state index in [9.17, 15) is 0 Å². The van der Waals surface area contributed by atoms with Crippen molar-refractivity contribution in [2.24, 2.45) is 0 Å². The highest BCUT2D eigenvalue weighted by Gasteiger charge is 2.24. The second-order valence-electron chi connectivity index (χ2n) is 14.8. The molecule has 0 spiro atoms. The maximum absolute atomic E-state index is 2.34. The first-order valence-corrected chi connectivity index (χ1v) is 18.4. The zero-order valence-electron chi connectivity index (χ0n) is 30.9. The van der Waals surface area contributed by atoms with Crippen LogP contribution < -0.4 is 0 Å². The Labute approximate surface area is 307 Å². The minimum atomic E-state index is 1.25. The van der Waals surface area contributed by atoms with Gasteiger partial charge < -0.3 is 0 Å². The predicted octanol–water partition coefficient (Wildman–Crippen LogP) is 14.8. The largest absolute Gasteiger partial charge is 0.0616 e. The molecule has 0 heterocycles. The summed E-state index contributed by atoms with van der Waals surface area (Å²) >= 11 is 0. The molecule has 0 aromatic heterocycles. The summed E-state index contributed by atoms with van der Waals surface area (Å²) in [5.41, 5.74) is 18.3. The molecule has 0 aliphatic carbocycles. The Hall–Kier alpha value is -5.98. The van der Waals surface area contributed by atoms with Gasteiger partial charge in [0.25, 0.3) is 0 Å². The predicted molar refractivity (Wildman–Crippen MR) is 227 cm³/mol. The summed E-state index contributed by atoms with van der Waals surface area (Å²) in [6.45, 7) is 13.5. The maximum Gasteiger partial charge on any atom is -0.00201 e. The van der Waals surface area contributed by atoms with Crippen LogP contribution in [0.1, 0.15) is 33.4 Å². The van der Waals surface area contributed by atoms with E-state index in [2.05, 4.69) is 187 Å². The van der Waals surface area contributed by atoms with Crippen molar-refractivity contribution in [2.75, 3.05) is 0 Å². The van der Waals surface area contributed by atoms with Crippen molar-refractivity contribution in [3.05, 3.63) is 179 Å². The van der Waals surface area contributed by atoms with Crippen LogP contribution in [0.25, 0.3) is 87.6 Å². The molecule has 0 bridgehead atoms. The van der Waals surface area contributed by atoms with E-state index < -0.39 is 0 Å². The van der Waals surface area contributed by atoms with Crippen LogP contribution in [-0.2, 0) is 0 Å². The topological polar surface area (TPSA) is 0 Å². The fraction of sp³-hybridized carbons (Fsp3) is 0.115. The summed E-state index contributed by atoms with van der Waals surface area (Å²) in [6, 6.07) is 54.7. The summed E-state index contributed by atoms with van der Waals surface area (Å²) in [4.78, 5) is 0. The van der Waals surface area contributed by atoms with E-state index in [1.54, 1.807) is 0 Å². The van der Waals surface area contributed by atoms with Crippen LogP contribution in [0.15, 0.2) is 146 Å². The molecule has 0 unspecified atom stereocenters. The van der Waals surface area contributed by atoms with E-state index in [-0.39, 0.29) is 0 Å². The zero-order chi connectivity index (χ0) is 35.7. The highest BCUT2D eigenvalue weighted by molar-refractivity contribution is 6.26. The van der Waals surface area contributed by atoms with Crippen molar-refractivity contribution < 1.29 is 0 Å². The van der Waals surface area contributed by atoms with Crippen molar-refractivity contribution in [2.45, 2.75) is 41.5 Å². The van der Waals surface area contributed by atoms with Crippen LogP contribution >= 0.6 is 0 Å². The first-order valence-electron chi connectivity index (χ1n) is 18.4. The first-order chi connectivity index (χ1) is 25.3. The van der Waals surface area contributed by atoms with Gasteiger partial charge in [0.15, 0.2) is 0 Å². The first kappa shape index (κ1) is 32.0. The third-order valence-electron chi connectivity index (χ3n) is 11.2. The number of fused-ring (bicyclic) bond motifs is 4. The Morgan fingerprint density at radius 3 is 0.692 bits per heavy atom. The van der Waals surface area contributed by atoms with Crippen LogP contribution in [0, 0.1) is 41.5 Å². The summed E-state index contributed by atoms with van der Waals surface area (Å²) in [6.07, 6.45) is 0. The maximum atomic E-state index is 2.34. The third kappa shape index (κ3) is 4.89. The van der Waals surface area contributed by atoms with E-state index >= 15 is 0 Å². The molecular formula is C52H42. The average molecular weight is 667 g/mol. The van der Waals surface area contributed by atoms with E-state index in [4.69, 9.17) is 0 Å². The molecule has 9 rings (SSSR count). The Morgan fingerprint density at radius 1 is 0.231 bits per heavy atom. The zero-order valence-corrected chi connectivity index (χ0v) is 30.9. The van der Waals surface area contributed by atoms with Gasteiger partial charge in [0, 0.05) is 0 Å². The van der Waals surface area contributed by atoms with E-state index in [0.29, 0.717) is 0 Å². The Kier molecular flexibility index (Phi) is 7.60. The molecule has 0 saturated heterocycles. The normalized spacial score (nSPS) is 11.7. The lowest BCUT2D eigenvalue weighted by molar-refractivity contribution is 1.33. The van der Waals surface area contributed by atoms with Gasteiger partial charge in [0.1, 0.15) is 0 Å². The smallest absolute Gasteiger partial charge is 0.00201 e. The van der Waals surface area contributed by atoms with Gasteiger partial charge >= 0.3 is 0 Å². The number of hydrogen-bond donors (Lipinski definition) is 0. The van der Waals surface area contributed by atoms with Gasteiger partial charge in [-0.2, -0.15) is 0 Å². The highest BCUT2D eigenvalue weighted by atomic mass is 14.3. The fourth-order valence-electron chi connectivity index (χ4n) is 9.44. The van der Waals surface area contributed by atoms with Crippen LogP contribution in [0.4, 0.5) is 0 Å². The average Bonchev–Trinajstić information content (AvgIpc) is 3.14. The van der Waals surface area contributed by atoms with Gasteiger partial charge in [-0.15, -0.1) is 0 Å². The molecule has 9 aromatic carbocycles. The van der Waals surface area contributed by atoms with Crippen LogP contribution in [-0.4, -0.2) is 0 Å². The molecule has 0 saturated carbocycles. The summed E-state index contributed by atoms with van der Waals surface area (Å²) in [5.74, 6) is 0. The Balaban J connectivity index is 1.43. The minimum Gasteiger partial charge on any atom is -0.0616 e. The molecule has 0 nitrogen and oxygen atoms in total. The van der Waals surface area contributed by atoms with Crippen molar-refractivity contribution in [3.8, 4) is 44.5 Å². The summed E-state index contributed by atoms with van der Waals surface area (Å²) in [7, 11) is 0. The molecule has 0 fully saturated rings. The molecule has 9 aromatic rings. The van der Waals surface area contributed by atoms with Gasteiger partial charge in [-0.05, 0) is 151 Å². The lowest BCUT2D eigenvalue weighted by atomic mass is 9.79. The van der Waals surface area contributed by atoms with Crippen molar-refractivity contribution in [3.63, 3.8) is 0 Å². The SMILES string of the molecule is Cc1cc(C)c(-c2c3ccccc3c(-c3ccccc3-c3c4ccccc4c(-c4c(C)cc(C)cc4C)c4ccccc34)c3ccccc23)c(C)c1. The fourth-order valence-corrected chi connectivity index (χ4v) is 9.44. The van der Waals surface area contributed by atoms with Gasteiger partial charge in [-0.25, -0.2) is 0 Å². The summed E-state index contributed by atoms with van der Waals surface area (Å²) in [5, 5.41) is 10.3. The van der Waals surface area contributed by atoms with Gasteiger partial charge in [-0.1, -0.05) is 157 Å². The molecule has 0 heteroatoms. The number of benzene rings is 9. The minimum absolute atomic E-state index is 1.25. The van der Waals surface area contributed by atoms with Crippen molar-refractivity contribution in [1.82, 2.24) is 0 Å². The number of aryl methyl sites for hydroxylation is 6. The second-order valence-corrected chi connectivity index (χ2v) is 14.8. The van der Waals surface area contributed by atoms with Crippen LogP contribution in [0.3, 0.4) is 0 Å². The Bertz CT molecular complexity index is 2540. The van der Waals surface area contributed by atoms with Gasteiger partial charge in [0.2, 0.25) is 0 Å². The molecule has 0 aliphatic rings. The van der Waals surface area contributed by atoms with E-state index in [1.165, 1.54) is 121 Å². The molecule has 0 atom stereocenters. The lowest BCUT2D eigenvalue weighted by Crippen LogP contribution is -1.97. The quantitative estimate of drug-likeness (QED) is 0.164. The number of hydrogen-bond acceptors (Lipinski definition) is 0. The lowest BCUT2D eigenvalue weighted by Gasteiger charge is -2.24. The van der Waals surface area contributed by atoms with E-state index in [0.717, 1.165) is 0 Å². The van der Waals surface area contributed by atoms with Crippen molar-refractivity contribution in [1.29, 1.82) is 0 Å². The van der Waals surface area contributed by atoms with E-state index in [1.807, 2.05) is 0 Å². The standard InChI is InChI=1S/C52H42/c1-31-27-33(3)47(34(4)28-31)51-43-23-13-9-19-39(43)49(40-20-10-14-24-44(40)51)37-17-7-8-18-38(37)50-41-21-11-15-25-45(41)52(46-26-16-12-22-42(46)50)48-35(5)29-32(2)30-36(48)6/h7-30H,1-6H3. The molecule has 0 radical (unpaired) electrons. The van der Waals surface area contributed by atoms with Gasteiger partial charge in [0.05, 0.1) is 0 Å². The second kappa shape index (κ2) is 12.4. The molecule has 0 amide bonds. The highest BCUT2D eigenvalue weighted by Crippen LogP contribution is 2.51. The van der Waals surface area contributed by atoms with Crippen LogP contribution in [0.2, 0.25) is 0 Å².